The molecule has 0 spiro atoms. The fourth-order valence-electron chi connectivity index (χ4n) is 3.13. The third-order valence-electron chi connectivity index (χ3n) is 4.95. The smallest absolute Gasteiger partial charge is 0.275 e. The number of carbonyl (C=O) groups excluding carboxylic acids is 1. The molecule has 0 atom stereocenters. The van der Waals surface area contributed by atoms with Crippen LogP contribution in [0, 0.1) is 12.3 Å². The van der Waals surface area contributed by atoms with E-state index in [4.69, 9.17) is 16.0 Å². The minimum Gasteiger partial charge on any atom is -0.368 e. The van der Waals surface area contributed by atoms with Crippen molar-refractivity contribution in [2.75, 3.05) is 11.3 Å². The molecule has 0 unspecified atom stereocenters. The van der Waals surface area contributed by atoms with E-state index >= 15 is 0 Å². The van der Waals surface area contributed by atoms with Crippen LogP contribution in [0.15, 0.2) is 47.3 Å². The van der Waals surface area contributed by atoms with E-state index in [1.54, 1.807) is 43.3 Å². The summed E-state index contributed by atoms with van der Waals surface area (Å²) in [7, 11) is -3.82. The van der Waals surface area contributed by atoms with Gasteiger partial charge in [0.15, 0.2) is 0 Å². The Bertz CT molecular complexity index is 1160. The van der Waals surface area contributed by atoms with Crippen molar-refractivity contribution in [2.45, 2.75) is 37.6 Å². The monoisotopic (exact) mass is 462 g/mol. The number of carbonyl (C=O) groups is 1. The number of nitrogens with zero attached hydrogens (tertiary/aromatic N) is 1. The van der Waals surface area contributed by atoms with Crippen LogP contribution >= 0.6 is 0 Å². The van der Waals surface area contributed by atoms with Crippen LogP contribution in [-0.2, 0) is 32.0 Å². The molecule has 1 aromatic carbocycles. The maximum absolute atomic E-state index is 12.9. The third kappa shape index (κ3) is 6.31. The highest BCUT2D eigenvalue weighted by atomic mass is 32.2. The molecule has 1 saturated carbocycles. The molecule has 11 nitrogen and oxygen atoms in total. The molecule has 1 aliphatic carbocycles. The summed E-state index contributed by atoms with van der Waals surface area (Å²) in [5.74, 6) is -1.04. The number of nitrogens with two attached hydrogens (primary N) is 1. The van der Waals surface area contributed by atoms with Crippen molar-refractivity contribution >= 4 is 27.6 Å². The van der Waals surface area contributed by atoms with Crippen LogP contribution < -0.4 is 26.8 Å². The summed E-state index contributed by atoms with van der Waals surface area (Å²) in [5, 5.41) is 9.90. The number of hydrogen-bond donors (Lipinski definition) is 5. The summed E-state index contributed by atoms with van der Waals surface area (Å²) >= 11 is 0. The van der Waals surface area contributed by atoms with E-state index in [-0.39, 0.29) is 30.6 Å². The van der Waals surface area contributed by atoms with Crippen LogP contribution in [0.25, 0.3) is 0 Å². The van der Waals surface area contributed by atoms with Crippen molar-refractivity contribution in [2.24, 2.45) is 5.73 Å². The summed E-state index contributed by atoms with van der Waals surface area (Å²) in [6.07, 6.45) is 1.37. The van der Waals surface area contributed by atoms with Gasteiger partial charge in [0.2, 0.25) is 21.9 Å². The molecule has 0 saturated heterocycles. The highest BCUT2D eigenvalue weighted by Gasteiger charge is 2.44. The number of aryl methyl sites for hydroxylation is 1. The normalized spacial score (nSPS) is 14.4. The van der Waals surface area contributed by atoms with Crippen molar-refractivity contribution in [3.8, 4) is 0 Å². The lowest BCUT2D eigenvalue weighted by atomic mass is 10.2. The fraction of sp³-hybridized carbons (Fsp3) is 0.350. The molecule has 1 amide bonds. The Morgan fingerprint density at radius 2 is 1.91 bits per heavy atom. The van der Waals surface area contributed by atoms with Crippen molar-refractivity contribution in [1.29, 1.82) is 5.41 Å². The van der Waals surface area contributed by atoms with Crippen LogP contribution in [0.5, 0.6) is 0 Å². The summed E-state index contributed by atoms with van der Waals surface area (Å²) in [4.78, 5) is 30.5. The van der Waals surface area contributed by atoms with Crippen LogP contribution in [0.1, 0.15) is 24.1 Å². The highest BCUT2D eigenvalue weighted by Crippen LogP contribution is 2.35. The number of sulfonamides is 1. The molecule has 1 fully saturated rings. The second-order valence-corrected chi connectivity index (χ2v) is 9.48. The number of pyridine rings is 1. The Hall–Kier alpha value is -3.38. The van der Waals surface area contributed by atoms with E-state index < -0.39 is 27.0 Å². The predicted octanol–water partition coefficient (Wildman–Crippen LogP) is 0.162. The molecule has 6 N–H and O–H groups in total. The zero-order valence-corrected chi connectivity index (χ0v) is 18.4. The number of aromatic nitrogens is 1. The first-order valence-electron chi connectivity index (χ1n) is 9.87. The van der Waals surface area contributed by atoms with Gasteiger partial charge in [-0.2, -0.15) is 0 Å². The van der Waals surface area contributed by atoms with Crippen molar-refractivity contribution < 1.29 is 18.0 Å². The molecule has 0 bridgehead atoms. The third-order valence-corrected chi connectivity index (χ3v) is 6.19. The van der Waals surface area contributed by atoms with Crippen molar-refractivity contribution in [3.05, 3.63) is 64.1 Å². The van der Waals surface area contributed by atoms with Gasteiger partial charge in [-0.25, -0.2) is 13.9 Å². The minimum absolute atomic E-state index is 0.117. The van der Waals surface area contributed by atoms with Crippen LogP contribution in [0.4, 0.5) is 5.69 Å². The van der Waals surface area contributed by atoms with E-state index in [2.05, 4.69) is 15.5 Å². The first kappa shape index (κ1) is 23.3. The van der Waals surface area contributed by atoms with Crippen LogP contribution in [-0.4, -0.2) is 37.0 Å². The molecule has 1 aliphatic rings. The Morgan fingerprint density at radius 3 is 2.53 bits per heavy atom. The van der Waals surface area contributed by atoms with Crippen molar-refractivity contribution in [1.82, 2.24) is 15.4 Å². The Kier molecular flexibility index (Phi) is 6.84. The second kappa shape index (κ2) is 9.40. The van der Waals surface area contributed by atoms with Crippen LogP contribution in [0.3, 0.4) is 0 Å². The summed E-state index contributed by atoms with van der Waals surface area (Å²) < 4.78 is 28.5. The topological polar surface area (TPSA) is 168 Å². The number of nitrogens with one attached hydrogen (secondary N) is 4. The molecule has 172 valence electrons. The number of hydrogen-bond acceptors (Lipinski definition) is 6. The molecule has 0 aliphatic heterocycles. The average Bonchev–Trinajstić information content (AvgIpc) is 3.46. The van der Waals surface area contributed by atoms with Gasteiger partial charge in [-0.1, -0.05) is 30.3 Å². The van der Waals surface area contributed by atoms with Gasteiger partial charge in [0.1, 0.15) is 12.2 Å². The minimum atomic E-state index is -3.82. The van der Waals surface area contributed by atoms with Gasteiger partial charge in [0.25, 0.3) is 5.56 Å². The molecule has 12 heteroatoms. The van der Waals surface area contributed by atoms with Gasteiger partial charge in [0, 0.05) is 5.69 Å². The number of benzene rings is 1. The molecule has 3 rings (SSSR count). The molecule has 2 aromatic rings. The molecular weight excluding hydrogens is 436 g/mol. The largest absolute Gasteiger partial charge is 0.368 e. The Morgan fingerprint density at radius 1 is 1.22 bits per heavy atom. The lowest BCUT2D eigenvalue weighted by Crippen LogP contribution is -2.45. The van der Waals surface area contributed by atoms with Gasteiger partial charge in [-0.05, 0) is 37.5 Å². The van der Waals surface area contributed by atoms with E-state index in [0.29, 0.717) is 24.1 Å². The summed E-state index contributed by atoms with van der Waals surface area (Å²) in [6, 6.07) is 11.6. The lowest BCUT2D eigenvalue weighted by Gasteiger charge is -2.19. The maximum Gasteiger partial charge on any atom is 0.275 e. The van der Waals surface area contributed by atoms with Gasteiger partial charge < -0.3 is 15.6 Å². The zero-order chi connectivity index (χ0) is 23.4. The first-order chi connectivity index (χ1) is 15.1. The predicted molar refractivity (Wildman–Crippen MR) is 119 cm³/mol. The van der Waals surface area contributed by atoms with Crippen LogP contribution in [0.2, 0.25) is 0 Å². The average molecular weight is 463 g/mol. The van der Waals surface area contributed by atoms with Gasteiger partial charge >= 0.3 is 0 Å². The molecule has 1 aromatic heterocycles. The van der Waals surface area contributed by atoms with E-state index in [1.807, 2.05) is 0 Å². The standard InChI is InChI=1S/C20H26N6O5S/c1-14-7-8-16(25-32(29,30)12-15-5-3-2-4-6-15)18(28)26(14)11-17(27)23-20(9-10-20)13-31-24-19(21)22/h2-8,25H,9-13H2,1H3,(H,23,27)(H4,21,22,24). The number of guanidine groups is 1. The van der Waals surface area contributed by atoms with E-state index in [9.17, 15) is 18.0 Å². The van der Waals surface area contributed by atoms with Gasteiger partial charge in [-0.15, -0.1) is 0 Å². The summed E-state index contributed by atoms with van der Waals surface area (Å²) in [5.41, 5.74) is 7.15. The van der Waals surface area contributed by atoms with E-state index in [0.717, 1.165) is 0 Å². The fourth-order valence-corrected chi connectivity index (χ4v) is 4.32. The quantitative estimate of drug-likeness (QED) is 0.190. The summed E-state index contributed by atoms with van der Waals surface area (Å²) in [6.45, 7) is 1.50. The number of amides is 1. The molecule has 0 radical (unpaired) electrons. The zero-order valence-electron chi connectivity index (χ0n) is 17.6. The Labute approximate surface area is 185 Å². The number of anilines is 1. The molecule has 32 heavy (non-hydrogen) atoms. The lowest BCUT2D eigenvalue weighted by molar-refractivity contribution is -0.123. The first-order valence-corrected chi connectivity index (χ1v) is 11.5. The molecular formula is C20H26N6O5S. The van der Waals surface area contributed by atoms with Gasteiger partial charge in [0.05, 0.1) is 17.9 Å². The van der Waals surface area contributed by atoms with Crippen molar-refractivity contribution in [3.63, 3.8) is 0 Å². The number of rotatable bonds is 10. The second-order valence-electron chi connectivity index (χ2n) is 7.76. The SMILES string of the molecule is Cc1ccc(NS(=O)(=O)Cc2ccccc2)c(=O)n1CC(=O)NC1(CONC(=N)N)CC1. The number of hydroxylamine groups is 1. The Balaban J connectivity index is 1.68. The molecule has 1 heterocycles. The van der Waals surface area contributed by atoms with Gasteiger partial charge in [-0.3, -0.25) is 24.6 Å². The van der Waals surface area contributed by atoms with E-state index in [1.165, 1.54) is 10.6 Å². The maximum atomic E-state index is 12.9. The highest BCUT2D eigenvalue weighted by molar-refractivity contribution is 7.91.